The predicted octanol–water partition coefficient (Wildman–Crippen LogP) is 2.65. The van der Waals surface area contributed by atoms with E-state index in [0.29, 0.717) is 50.8 Å². The number of pyridine rings is 1. The first-order chi connectivity index (χ1) is 18.0. The number of carbonyl (C=O) groups excluding carboxylic acids is 1. The molecule has 1 aliphatic rings. The van der Waals surface area contributed by atoms with Crippen molar-refractivity contribution in [3.05, 3.63) is 87.6 Å². The number of benzene rings is 2. The van der Waals surface area contributed by atoms with Crippen molar-refractivity contribution in [1.29, 1.82) is 0 Å². The highest BCUT2D eigenvalue weighted by atomic mass is 16.5. The van der Waals surface area contributed by atoms with Crippen molar-refractivity contribution < 1.29 is 19.4 Å². The number of amides is 1. The van der Waals surface area contributed by atoms with E-state index in [2.05, 4.69) is 25.2 Å². The van der Waals surface area contributed by atoms with Gasteiger partial charge in [-0.05, 0) is 43.3 Å². The number of rotatable bonds is 8. The van der Waals surface area contributed by atoms with E-state index >= 15 is 0 Å². The van der Waals surface area contributed by atoms with Gasteiger partial charge in [0.15, 0.2) is 0 Å². The van der Waals surface area contributed by atoms with Gasteiger partial charge in [-0.1, -0.05) is 18.2 Å². The van der Waals surface area contributed by atoms with Crippen LogP contribution in [0.1, 0.15) is 33.4 Å². The Bertz CT molecular complexity index is 1440. The van der Waals surface area contributed by atoms with Crippen LogP contribution in [0.2, 0.25) is 0 Å². The van der Waals surface area contributed by atoms with Gasteiger partial charge in [-0.15, -0.1) is 0 Å². The Balaban J connectivity index is 1.27. The molecule has 37 heavy (non-hydrogen) atoms. The lowest BCUT2D eigenvalue weighted by Crippen LogP contribution is -2.43. The number of nitrogens with one attached hydrogen (secondary N) is 3. The molecule has 1 unspecified atom stereocenters. The number of carbonyl (C=O) groups is 1. The quantitative estimate of drug-likeness (QED) is 0.291. The van der Waals surface area contributed by atoms with E-state index in [1.54, 1.807) is 24.3 Å². The molecule has 4 N–H and O–H groups in total. The van der Waals surface area contributed by atoms with Gasteiger partial charge >= 0.3 is 5.69 Å². The Labute approximate surface area is 213 Å². The summed E-state index contributed by atoms with van der Waals surface area (Å²) in [5.41, 5.74) is 3.02. The Morgan fingerprint density at radius 2 is 1.92 bits per heavy atom. The van der Waals surface area contributed by atoms with Crippen LogP contribution in [-0.2, 0) is 11.3 Å². The molecule has 3 heterocycles. The summed E-state index contributed by atoms with van der Waals surface area (Å²) in [6.45, 7) is 5.31. The molecule has 10 nitrogen and oxygen atoms in total. The van der Waals surface area contributed by atoms with Crippen molar-refractivity contribution in [3.63, 3.8) is 0 Å². The second-order valence-corrected chi connectivity index (χ2v) is 9.03. The number of aryl methyl sites for hydroxylation is 1. The van der Waals surface area contributed by atoms with Gasteiger partial charge < -0.3 is 24.9 Å². The van der Waals surface area contributed by atoms with Crippen LogP contribution in [0.3, 0.4) is 0 Å². The number of imidazole rings is 1. The van der Waals surface area contributed by atoms with E-state index in [-0.39, 0.29) is 17.5 Å². The van der Waals surface area contributed by atoms with Gasteiger partial charge in [-0.2, -0.15) is 0 Å². The monoisotopic (exact) mass is 503 g/mol. The molecular formula is C27H29N5O5. The number of hydrogen-bond acceptors (Lipinski definition) is 7. The summed E-state index contributed by atoms with van der Waals surface area (Å²) in [5, 5.41) is 14.2. The van der Waals surface area contributed by atoms with Crippen LogP contribution < -0.4 is 15.7 Å². The van der Waals surface area contributed by atoms with E-state index in [0.717, 1.165) is 22.2 Å². The maximum Gasteiger partial charge on any atom is 0.326 e. The number of morpholine rings is 1. The fourth-order valence-corrected chi connectivity index (χ4v) is 4.51. The lowest BCUT2D eigenvalue weighted by atomic mass is 10.1. The molecule has 1 aliphatic heterocycles. The Hall–Kier alpha value is -4.15. The van der Waals surface area contributed by atoms with Crippen LogP contribution in [-0.4, -0.2) is 63.7 Å². The van der Waals surface area contributed by atoms with E-state index in [1.807, 2.05) is 37.3 Å². The van der Waals surface area contributed by atoms with Crippen LogP contribution >= 0.6 is 0 Å². The van der Waals surface area contributed by atoms with Crippen molar-refractivity contribution in [2.24, 2.45) is 0 Å². The number of aromatic nitrogens is 3. The van der Waals surface area contributed by atoms with Gasteiger partial charge in [0.1, 0.15) is 18.1 Å². The number of para-hydroxylation sites is 1. The molecule has 1 atom stereocenters. The molecule has 192 valence electrons. The highest BCUT2D eigenvalue weighted by molar-refractivity contribution is 5.94. The lowest BCUT2D eigenvalue weighted by Gasteiger charge is -2.30. The van der Waals surface area contributed by atoms with Crippen LogP contribution in [0.15, 0.2) is 59.4 Å². The highest BCUT2D eigenvalue weighted by Gasteiger charge is 2.25. The lowest BCUT2D eigenvalue weighted by molar-refractivity contribution is 0.0329. The van der Waals surface area contributed by atoms with Crippen LogP contribution in [0.4, 0.5) is 0 Å². The zero-order chi connectivity index (χ0) is 25.8. The first kappa shape index (κ1) is 24.5. The maximum atomic E-state index is 13.1. The number of aromatic hydroxyl groups is 1. The van der Waals surface area contributed by atoms with Crippen molar-refractivity contribution in [2.75, 3.05) is 32.8 Å². The van der Waals surface area contributed by atoms with E-state index in [4.69, 9.17) is 9.47 Å². The minimum absolute atomic E-state index is 0.240. The molecule has 0 radical (unpaired) electrons. The maximum absolute atomic E-state index is 13.1. The molecule has 2 aromatic carbocycles. The van der Waals surface area contributed by atoms with Crippen molar-refractivity contribution in [3.8, 4) is 11.6 Å². The number of aromatic amines is 2. The second-order valence-electron chi connectivity index (χ2n) is 9.03. The van der Waals surface area contributed by atoms with Crippen molar-refractivity contribution >= 4 is 16.8 Å². The summed E-state index contributed by atoms with van der Waals surface area (Å²) >= 11 is 0. The first-order valence-corrected chi connectivity index (χ1v) is 12.2. The molecule has 1 fully saturated rings. The highest BCUT2D eigenvalue weighted by Crippen LogP contribution is 2.23. The first-order valence-electron chi connectivity index (χ1n) is 12.2. The summed E-state index contributed by atoms with van der Waals surface area (Å²) in [5.74, 6) is 0.0146. The molecule has 0 bridgehead atoms. The Kier molecular flexibility index (Phi) is 7.20. The van der Waals surface area contributed by atoms with Gasteiger partial charge in [0.05, 0.1) is 24.8 Å². The largest absolute Gasteiger partial charge is 0.493 e. The molecular weight excluding hydrogens is 474 g/mol. The van der Waals surface area contributed by atoms with Crippen molar-refractivity contribution in [2.45, 2.75) is 19.6 Å². The van der Waals surface area contributed by atoms with Gasteiger partial charge in [0.25, 0.3) is 5.91 Å². The molecule has 10 heteroatoms. The zero-order valence-corrected chi connectivity index (χ0v) is 20.5. The fraction of sp³-hybridized carbons (Fsp3) is 0.296. The number of ether oxygens (including phenoxy) is 2. The predicted molar refractivity (Wildman–Crippen MR) is 138 cm³/mol. The van der Waals surface area contributed by atoms with Crippen LogP contribution in [0.5, 0.6) is 11.6 Å². The minimum Gasteiger partial charge on any atom is -0.493 e. The number of nitrogens with zero attached hydrogens (tertiary/aromatic N) is 2. The second kappa shape index (κ2) is 10.9. The third-order valence-corrected chi connectivity index (χ3v) is 6.37. The summed E-state index contributed by atoms with van der Waals surface area (Å²) < 4.78 is 11.4. The van der Waals surface area contributed by atoms with Gasteiger partial charge in [-0.3, -0.25) is 19.7 Å². The van der Waals surface area contributed by atoms with E-state index < -0.39 is 11.7 Å². The summed E-state index contributed by atoms with van der Waals surface area (Å²) in [7, 11) is 0. The Morgan fingerprint density at radius 3 is 2.65 bits per heavy atom. The van der Waals surface area contributed by atoms with Crippen LogP contribution in [0.25, 0.3) is 10.9 Å². The average molecular weight is 504 g/mol. The van der Waals surface area contributed by atoms with Crippen molar-refractivity contribution in [1.82, 2.24) is 25.2 Å². The fourth-order valence-electron chi connectivity index (χ4n) is 4.51. The molecule has 2 aromatic heterocycles. The number of fused-ring (bicyclic) bond motifs is 1. The van der Waals surface area contributed by atoms with Gasteiger partial charge in [0.2, 0.25) is 5.88 Å². The molecule has 0 aliphatic carbocycles. The normalized spacial score (nSPS) is 14.9. The van der Waals surface area contributed by atoms with Gasteiger partial charge in [-0.25, -0.2) is 4.79 Å². The molecule has 5 rings (SSSR count). The summed E-state index contributed by atoms with van der Waals surface area (Å²) in [6, 6.07) is 16.2. The molecule has 4 aromatic rings. The summed E-state index contributed by atoms with van der Waals surface area (Å²) in [4.78, 5) is 36.4. The summed E-state index contributed by atoms with van der Waals surface area (Å²) in [6.07, 6.45) is 0. The zero-order valence-electron chi connectivity index (χ0n) is 20.5. The SMILES string of the molecule is Cc1cc(COc2ccc(C(=O)NC(CN3CCOCC3)c3[nH]c(=O)[nH]c3O)cc2)c2ccccc2n1. The molecule has 0 spiro atoms. The number of H-pyrrole nitrogens is 2. The third-order valence-electron chi connectivity index (χ3n) is 6.37. The average Bonchev–Trinajstić information content (AvgIpc) is 3.25. The standard InChI is InChI=1S/C27H29N5O5/c1-17-14-19(21-4-2-3-5-22(21)28-17)16-37-20-8-6-18(7-9-20)25(33)29-23(15-32-10-12-36-13-11-32)24-26(34)31-27(35)30-24/h2-9,14,23,34H,10-13,15-16H2,1H3,(H,29,33)(H2,30,31,35). The van der Waals surface area contributed by atoms with Crippen LogP contribution in [0, 0.1) is 6.92 Å². The number of hydrogen-bond donors (Lipinski definition) is 4. The molecule has 1 amide bonds. The topological polar surface area (TPSA) is 133 Å². The molecule has 0 saturated carbocycles. The molecule has 1 saturated heterocycles. The van der Waals surface area contributed by atoms with E-state index in [1.165, 1.54) is 0 Å². The van der Waals surface area contributed by atoms with E-state index in [9.17, 15) is 14.7 Å². The minimum atomic E-state index is -0.622. The van der Waals surface area contributed by atoms with Gasteiger partial charge in [0, 0.05) is 41.8 Å². The smallest absolute Gasteiger partial charge is 0.326 e. The third kappa shape index (κ3) is 5.82. The Morgan fingerprint density at radius 1 is 1.16 bits per heavy atom.